The van der Waals surface area contributed by atoms with Crippen LogP contribution in [-0.2, 0) is 0 Å². The minimum atomic E-state index is -0.808. The number of hydrazine groups is 2. The van der Waals surface area contributed by atoms with Crippen molar-refractivity contribution in [3.05, 3.63) is 28.6 Å². The van der Waals surface area contributed by atoms with Crippen molar-refractivity contribution >= 4 is 17.4 Å². The summed E-state index contributed by atoms with van der Waals surface area (Å²) < 4.78 is 0. The van der Waals surface area contributed by atoms with Crippen molar-refractivity contribution in [2.24, 2.45) is 11.7 Å². The number of urea groups is 1. The van der Waals surface area contributed by atoms with Gasteiger partial charge in [0.05, 0.1) is 16.8 Å². The van der Waals surface area contributed by atoms with Crippen molar-refractivity contribution < 1.29 is 9.72 Å². The second-order valence-corrected chi connectivity index (χ2v) is 2.48. The Hall–Kier alpha value is -2.26. The highest BCUT2D eigenvalue weighted by Crippen LogP contribution is 2.16. The lowest BCUT2D eigenvalue weighted by Gasteiger charge is -2.14. The molecule has 0 spiro atoms. The Bertz CT molecular complexity index is 394. The average Bonchev–Trinajstić information content (AvgIpc) is 2.27. The van der Waals surface area contributed by atoms with Crippen LogP contribution in [-0.4, -0.2) is 15.9 Å². The first-order valence-corrected chi connectivity index (χ1v) is 3.71. The Kier molecular flexibility index (Phi) is 3.10. The highest BCUT2D eigenvalue weighted by Gasteiger charge is 2.14. The number of carbonyl (C=O) groups excluding carboxylic acids is 1. The predicted molar refractivity (Wildman–Crippen MR) is 50.3 cm³/mol. The molecule has 0 aliphatic rings. The Morgan fingerprint density at radius 1 is 1.60 bits per heavy atom. The van der Waals surface area contributed by atoms with Crippen LogP contribution in [0, 0.1) is 10.1 Å². The van der Waals surface area contributed by atoms with E-state index in [9.17, 15) is 14.9 Å². The van der Waals surface area contributed by atoms with E-state index in [1.807, 2.05) is 0 Å². The maximum atomic E-state index is 11.0. The fourth-order valence-electron chi connectivity index (χ4n) is 0.834. The monoisotopic (exact) mass is 212 g/mol. The minimum absolute atomic E-state index is 0.0622. The smallest absolute Gasteiger partial charge is 0.274 e. The molecular formula is C6H8N6O3. The van der Waals surface area contributed by atoms with E-state index in [0.29, 0.717) is 5.01 Å². The lowest BCUT2D eigenvalue weighted by Crippen LogP contribution is -2.47. The maximum Gasteiger partial charge on any atom is 0.350 e. The van der Waals surface area contributed by atoms with Gasteiger partial charge >= 0.3 is 6.03 Å². The van der Waals surface area contributed by atoms with Gasteiger partial charge in [0.2, 0.25) is 0 Å². The standard InChI is InChI=1S/C6H8N6O3/c7-10-6(13)11(8)4-1-5(12(14)15)3-9-2-4/h1-3H,7-8H2,(H,10,13). The van der Waals surface area contributed by atoms with Crippen LogP contribution >= 0.6 is 0 Å². The molecule has 0 unspecified atom stereocenters. The van der Waals surface area contributed by atoms with Crippen LogP contribution in [0.2, 0.25) is 0 Å². The molecule has 0 bridgehead atoms. The summed E-state index contributed by atoms with van der Waals surface area (Å²) in [5.41, 5.74) is 1.57. The van der Waals surface area contributed by atoms with Crippen LogP contribution in [0.1, 0.15) is 0 Å². The molecule has 0 aliphatic carbocycles. The van der Waals surface area contributed by atoms with Crippen molar-refractivity contribution in [2.45, 2.75) is 0 Å². The van der Waals surface area contributed by atoms with Crippen molar-refractivity contribution in [1.82, 2.24) is 10.4 Å². The van der Waals surface area contributed by atoms with Crippen LogP contribution in [0.25, 0.3) is 0 Å². The zero-order valence-corrected chi connectivity index (χ0v) is 7.45. The lowest BCUT2D eigenvalue weighted by molar-refractivity contribution is -0.385. The molecule has 0 aromatic carbocycles. The molecule has 15 heavy (non-hydrogen) atoms. The Morgan fingerprint density at radius 2 is 2.27 bits per heavy atom. The third-order valence-electron chi connectivity index (χ3n) is 1.54. The summed E-state index contributed by atoms with van der Waals surface area (Å²) in [6.07, 6.45) is 2.24. The summed E-state index contributed by atoms with van der Waals surface area (Å²) in [6, 6.07) is 0.291. The summed E-state index contributed by atoms with van der Waals surface area (Å²) in [6.45, 7) is 0. The summed E-state index contributed by atoms with van der Waals surface area (Å²) in [5, 5.41) is 11.0. The van der Waals surface area contributed by atoms with E-state index in [2.05, 4.69) is 4.98 Å². The van der Waals surface area contributed by atoms with Crippen molar-refractivity contribution in [3.63, 3.8) is 0 Å². The summed E-state index contributed by atoms with van der Waals surface area (Å²) >= 11 is 0. The molecule has 2 amide bonds. The first-order chi connectivity index (χ1) is 7.06. The molecule has 0 atom stereocenters. The van der Waals surface area contributed by atoms with Gasteiger partial charge in [0.1, 0.15) is 6.20 Å². The van der Waals surface area contributed by atoms with Gasteiger partial charge < -0.3 is 0 Å². The first kappa shape index (κ1) is 10.8. The number of nitro groups is 1. The summed E-state index contributed by atoms with van der Waals surface area (Å²) in [4.78, 5) is 24.3. The normalized spacial score (nSPS) is 9.47. The van der Waals surface area contributed by atoms with Gasteiger partial charge in [-0.05, 0) is 0 Å². The third-order valence-corrected chi connectivity index (χ3v) is 1.54. The molecule has 0 aliphatic heterocycles. The summed E-state index contributed by atoms with van der Waals surface area (Å²) in [7, 11) is 0. The highest BCUT2D eigenvalue weighted by atomic mass is 16.6. The van der Waals surface area contributed by atoms with E-state index in [1.54, 1.807) is 5.43 Å². The number of amides is 2. The minimum Gasteiger partial charge on any atom is -0.274 e. The first-order valence-electron chi connectivity index (χ1n) is 3.71. The zero-order valence-electron chi connectivity index (χ0n) is 7.45. The molecule has 0 saturated carbocycles. The molecule has 5 N–H and O–H groups in total. The molecule has 0 saturated heterocycles. The Labute approximate surface area is 83.8 Å². The Balaban J connectivity index is 3.00. The number of hydrogen-bond donors (Lipinski definition) is 3. The third kappa shape index (κ3) is 2.36. The summed E-state index contributed by atoms with van der Waals surface area (Å²) in [5.74, 6) is 10.1. The van der Waals surface area contributed by atoms with Crippen LogP contribution in [0.4, 0.5) is 16.2 Å². The van der Waals surface area contributed by atoms with Gasteiger partial charge in [-0.1, -0.05) is 0 Å². The number of nitrogens with zero attached hydrogens (tertiary/aromatic N) is 3. The van der Waals surface area contributed by atoms with E-state index in [-0.39, 0.29) is 11.4 Å². The number of nitrogens with one attached hydrogen (secondary N) is 1. The topological polar surface area (TPSA) is 140 Å². The SMILES string of the molecule is NNC(=O)N(N)c1cncc([N+](=O)[O-])c1. The fraction of sp³-hybridized carbons (Fsp3) is 0. The van der Waals surface area contributed by atoms with E-state index in [1.165, 1.54) is 6.20 Å². The van der Waals surface area contributed by atoms with Gasteiger partial charge in [-0.25, -0.2) is 21.5 Å². The molecule has 1 rings (SSSR count). The van der Waals surface area contributed by atoms with Crippen LogP contribution in [0.5, 0.6) is 0 Å². The highest BCUT2D eigenvalue weighted by molar-refractivity contribution is 5.90. The number of nitrogens with two attached hydrogens (primary N) is 2. The van der Waals surface area contributed by atoms with E-state index < -0.39 is 11.0 Å². The predicted octanol–water partition coefficient (Wildman–Crippen LogP) is -0.747. The number of aromatic nitrogens is 1. The second kappa shape index (κ2) is 4.30. The van der Waals surface area contributed by atoms with E-state index in [4.69, 9.17) is 11.7 Å². The van der Waals surface area contributed by atoms with Gasteiger partial charge in [0.15, 0.2) is 0 Å². The fourth-order valence-corrected chi connectivity index (χ4v) is 0.834. The van der Waals surface area contributed by atoms with Gasteiger partial charge in [0, 0.05) is 6.07 Å². The van der Waals surface area contributed by atoms with Gasteiger partial charge in [-0.3, -0.25) is 20.5 Å². The quantitative estimate of drug-likeness (QED) is 0.255. The molecule has 0 fully saturated rings. The molecule has 1 aromatic heterocycles. The number of carbonyl (C=O) groups is 1. The Morgan fingerprint density at radius 3 is 2.80 bits per heavy atom. The number of anilines is 1. The van der Waals surface area contributed by atoms with E-state index in [0.717, 1.165) is 12.3 Å². The number of rotatable bonds is 2. The number of hydrogen-bond acceptors (Lipinski definition) is 6. The van der Waals surface area contributed by atoms with Crippen molar-refractivity contribution in [3.8, 4) is 0 Å². The van der Waals surface area contributed by atoms with Gasteiger partial charge in [0.25, 0.3) is 5.69 Å². The molecule has 1 heterocycles. The molecule has 80 valence electrons. The second-order valence-electron chi connectivity index (χ2n) is 2.48. The molecule has 0 radical (unpaired) electrons. The number of pyridine rings is 1. The van der Waals surface area contributed by atoms with E-state index >= 15 is 0 Å². The van der Waals surface area contributed by atoms with Gasteiger partial charge in [-0.15, -0.1) is 0 Å². The average molecular weight is 212 g/mol. The van der Waals surface area contributed by atoms with Crippen molar-refractivity contribution in [2.75, 3.05) is 5.01 Å². The van der Waals surface area contributed by atoms with Crippen molar-refractivity contribution in [1.29, 1.82) is 0 Å². The largest absolute Gasteiger partial charge is 0.350 e. The van der Waals surface area contributed by atoms with Crippen LogP contribution < -0.4 is 22.1 Å². The molecular weight excluding hydrogens is 204 g/mol. The van der Waals surface area contributed by atoms with Crippen LogP contribution in [0.3, 0.4) is 0 Å². The molecule has 9 nitrogen and oxygen atoms in total. The maximum absolute atomic E-state index is 11.0. The molecule has 1 aromatic rings. The van der Waals surface area contributed by atoms with Crippen LogP contribution in [0.15, 0.2) is 18.5 Å². The zero-order chi connectivity index (χ0) is 11.4. The molecule has 9 heteroatoms. The lowest BCUT2D eigenvalue weighted by atomic mass is 10.4. The van der Waals surface area contributed by atoms with Gasteiger partial charge in [-0.2, -0.15) is 0 Å².